The number of nitrogens with zero attached hydrogens (tertiary/aromatic N) is 1. The first kappa shape index (κ1) is 9.14. The van der Waals surface area contributed by atoms with Gasteiger partial charge in [-0.05, 0) is 12.1 Å². The van der Waals surface area contributed by atoms with Crippen LogP contribution in [0.2, 0.25) is 0 Å². The van der Waals surface area contributed by atoms with Gasteiger partial charge in [0.05, 0.1) is 5.69 Å². The highest BCUT2D eigenvalue weighted by Crippen LogP contribution is 2.22. The summed E-state index contributed by atoms with van der Waals surface area (Å²) in [7, 11) is 0. The molecule has 1 rings (SSSR count). The van der Waals surface area contributed by atoms with Gasteiger partial charge in [-0.25, -0.2) is 0 Å². The lowest BCUT2D eigenvalue weighted by Crippen LogP contribution is -1.98. The molecule has 3 nitrogen and oxygen atoms in total. The highest BCUT2D eigenvalue weighted by Gasteiger charge is 2.04. The molecule has 0 heterocycles. The van der Waals surface area contributed by atoms with Crippen molar-refractivity contribution in [1.29, 1.82) is 5.26 Å². The van der Waals surface area contributed by atoms with Gasteiger partial charge in [-0.15, -0.1) is 0 Å². The zero-order chi connectivity index (χ0) is 9.68. The van der Waals surface area contributed by atoms with Crippen molar-refractivity contribution in [3.8, 4) is 11.8 Å². The van der Waals surface area contributed by atoms with Crippen LogP contribution in [0.15, 0.2) is 30.9 Å². The first-order valence-electron chi connectivity index (χ1n) is 3.82. The van der Waals surface area contributed by atoms with Crippen LogP contribution in [0.1, 0.15) is 5.56 Å². The third kappa shape index (κ3) is 2.00. The molecule has 0 aliphatic rings. The zero-order valence-electron chi connectivity index (χ0n) is 7.16. The fourth-order valence-corrected chi connectivity index (χ4v) is 0.937. The second-order valence-electron chi connectivity index (χ2n) is 2.43. The van der Waals surface area contributed by atoms with Gasteiger partial charge in [0.15, 0.2) is 0 Å². The summed E-state index contributed by atoms with van der Waals surface area (Å²) in [5.41, 5.74) is 6.39. The van der Waals surface area contributed by atoms with Crippen LogP contribution in [-0.4, -0.2) is 6.61 Å². The van der Waals surface area contributed by atoms with Gasteiger partial charge in [0.1, 0.15) is 24.0 Å². The molecule has 3 heteroatoms. The molecular weight excluding hydrogens is 164 g/mol. The molecule has 0 saturated carbocycles. The standard InChI is InChI=1S/C10H10N2O/c1-2-6-13-10-5-3-4-9(12)8(10)7-11/h2-5H,1,6,12H2. The highest BCUT2D eigenvalue weighted by molar-refractivity contribution is 5.60. The van der Waals surface area contributed by atoms with Crippen LogP contribution >= 0.6 is 0 Å². The van der Waals surface area contributed by atoms with Crippen molar-refractivity contribution in [2.24, 2.45) is 0 Å². The maximum Gasteiger partial charge on any atom is 0.139 e. The molecule has 0 fully saturated rings. The monoisotopic (exact) mass is 174 g/mol. The molecule has 66 valence electrons. The zero-order valence-corrected chi connectivity index (χ0v) is 7.16. The average Bonchev–Trinajstić information content (AvgIpc) is 2.15. The second-order valence-corrected chi connectivity index (χ2v) is 2.43. The summed E-state index contributed by atoms with van der Waals surface area (Å²) in [5, 5.41) is 8.76. The molecule has 0 unspecified atom stereocenters. The average molecular weight is 174 g/mol. The number of nitrogen functional groups attached to an aromatic ring is 1. The predicted molar refractivity (Wildman–Crippen MR) is 51.3 cm³/mol. The fourth-order valence-electron chi connectivity index (χ4n) is 0.937. The summed E-state index contributed by atoms with van der Waals surface area (Å²) in [6, 6.07) is 7.11. The minimum atomic E-state index is 0.373. The Kier molecular flexibility index (Phi) is 2.93. The Morgan fingerprint density at radius 2 is 2.38 bits per heavy atom. The van der Waals surface area contributed by atoms with Crippen LogP contribution in [0.25, 0.3) is 0 Å². The van der Waals surface area contributed by atoms with E-state index in [-0.39, 0.29) is 0 Å². The highest BCUT2D eigenvalue weighted by atomic mass is 16.5. The van der Waals surface area contributed by atoms with E-state index < -0.39 is 0 Å². The van der Waals surface area contributed by atoms with Crippen molar-refractivity contribution >= 4 is 5.69 Å². The minimum absolute atomic E-state index is 0.373. The molecular formula is C10H10N2O. The predicted octanol–water partition coefficient (Wildman–Crippen LogP) is 1.71. The van der Waals surface area contributed by atoms with Crippen LogP contribution in [-0.2, 0) is 0 Å². The van der Waals surface area contributed by atoms with Crippen molar-refractivity contribution < 1.29 is 4.74 Å². The Labute approximate surface area is 77.0 Å². The fraction of sp³-hybridized carbons (Fsp3) is 0.100. The lowest BCUT2D eigenvalue weighted by atomic mass is 10.2. The maximum absolute atomic E-state index is 8.76. The third-order valence-electron chi connectivity index (χ3n) is 1.53. The SMILES string of the molecule is C=CCOc1cccc(N)c1C#N. The third-order valence-corrected chi connectivity index (χ3v) is 1.53. The van der Waals surface area contributed by atoms with Crippen molar-refractivity contribution in [2.45, 2.75) is 0 Å². The Morgan fingerprint density at radius 3 is 3.00 bits per heavy atom. The number of nitriles is 1. The number of ether oxygens (including phenoxy) is 1. The van der Waals surface area contributed by atoms with Crippen molar-refractivity contribution in [2.75, 3.05) is 12.3 Å². The van der Waals surface area contributed by atoms with E-state index in [1.165, 1.54) is 0 Å². The summed E-state index contributed by atoms with van der Waals surface area (Å²) in [6.07, 6.45) is 1.62. The van der Waals surface area contributed by atoms with Gasteiger partial charge >= 0.3 is 0 Å². The van der Waals surface area contributed by atoms with Crippen molar-refractivity contribution in [1.82, 2.24) is 0 Å². The molecule has 0 saturated heterocycles. The van der Waals surface area contributed by atoms with E-state index in [0.29, 0.717) is 23.6 Å². The van der Waals surface area contributed by atoms with Gasteiger partial charge in [-0.1, -0.05) is 18.7 Å². The Hall–Kier alpha value is -1.95. The van der Waals surface area contributed by atoms with E-state index in [0.717, 1.165) is 0 Å². The van der Waals surface area contributed by atoms with Crippen LogP contribution in [0, 0.1) is 11.3 Å². The molecule has 0 bridgehead atoms. The van der Waals surface area contributed by atoms with E-state index in [9.17, 15) is 0 Å². The number of benzene rings is 1. The van der Waals surface area contributed by atoms with E-state index >= 15 is 0 Å². The summed E-state index contributed by atoms with van der Waals surface area (Å²) in [5.74, 6) is 0.502. The molecule has 0 atom stereocenters. The van der Waals surface area contributed by atoms with Gasteiger partial charge in [0.2, 0.25) is 0 Å². The summed E-state index contributed by atoms with van der Waals surface area (Å²) in [4.78, 5) is 0. The largest absolute Gasteiger partial charge is 0.488 e. The second kappa shape index (κ2) is 4.17. The topological polar surface area (TPSA) is 59.0 Å². The molecule has 1 aromatic rings. The van der Waals surface area contributed by atoms with E-state index in [1.54, 1.807) is 24.3 Å². The molecule has 1 aromatic carbocycles. The first-order chi connectivity index (χ1) is 6.29. The summed E-state index contributed by atoms with van der Waals surface area (Å²) >= 11 is 0. The van der Waals surface area contributed by atoms with E-state index in [2.05, 4.69) is 6.58 Å². The number of rotatable bonds is 3. The molecule has 0 radical (unpaired) electrons. The van der Waals surface area contributed by atoms with Gasteiger partial charge < -0.3 is 10.5 Å². The Morgan fingerprint density at radius 1 is 1.62 bits per heavy atom. The van der Waals surface area contributed by atoms with E-state index in [1.807, 2.05) is 6.07 Å². The molecule has 13 heavy (non-hydrogen) atoms. The van der Waals surface area contributed by atoms with Gasteiger partial charge in [0, 0.05) is 0 Å². The van der Waals surface area contributed by atoms with Crippen LogP contribution in [0.3, 0.4) is 0 Å². The van der Waals surface area contributed by atoms with Crippen molar-refractivity contribution in [3.63, 3.8) is 0 Å². The molecule has 0 aliphatic heterocycles. The quantitative estimate of drug-likeness (QED) is 0.560. The maximum atomic E-state index is 8.76. The lowest BCUT2D eigenvalue weighted by molar-refractivity contribution is 0.362. The molecule has 0 spiro atoms. The number of nitrogens with two attached hydrogens (primary N) is 1. The number of hydrogen-bond donors (Lipinski definition) is 1. The van der Waals surface area contributed by atoms with Gasteiger partial charge in [-0.2, -0.15) is 5.26 Å². The Bertz CT molecular complexity index is 352. The van der Waals surface area contributed by atoms with Crippen LogP contribution in [0.5, 0.6) is 5.75 Å². The van der Waals surface area contributed by atoms with Crippen LogP contribution in [0.4, 0.5) is 5.69 Å². The molecule has 0 aliphatic carbocycles. The normalized spacial score (nSPS) is 8.85. The summed E-state index contributed by atoms with van der Waals surface area (Å²) < 4.78 is 5.24. The Balaban J connectivity index is 3.00. The summed E-state index contributed by atoms with van der Waals surface area (Å²) in [6.45, 7) is 3.89. The van der Waals surface area contributed by atoms with E-state index in [4.69, 9.17) is 15.7 Å². The molecule has 0 amide bonds. The smallest absolute Gasteiger partial charge is 0.139 e. The molecule has 2 N–H and O–H groups in total. The molecule has 0 aromatic heterocycles. The van der Waals surface area contributed by atoms with Crippen LogP contribution < -0.4 is 10.5 Å². The van der Waals surface area contributed by atoms with Crippen molar-refractivity contribution in [3.05, 3.63) is 36.4 Å². The lowest BCUT2D eigenvalue weighted by Gasteiger charge is -2.06. The van der Waals surface area contributed by atoms with Gasteiger partial charge in [0.25, 0.3) is 0 Å². The first-order valence-corrected chi connectivity index (χ1v) is 3.82. The number of hydrogen-bond acceptors (Lipinski definition) is 3. The van der Waals surface area contributed by atoms with Gasteiger partial charge in [-0.3, -0.25) is 0 Å². The minimum Gasteiger partial charge on any atom is -0.488 e. The number of anilines is 1.